The lowest BCUT2D eigenvalue weighted by molar-refractivity contribution is -0.119. The van der Waals surface area contributed by atoms with E-state index in [9.17, 15) is 9.59 Å². The number of hydrogen-bond donors (Lipinski definition) is 0. The lowest BCUT2D eigenvalue weighted by Crippen LogP contribution is -2.48. The van der Waals surface area contributed by atoms with Crippen molar-refractivity contribution in [3.8, 4) is 0 Å². The minimum absolute atomic E-state index is 0.0495. The molecule has 0 N–H and O–H groups in total. The lowest BCUT2D eigenvalue weighted by atomic mass is 10.1. The molecule has 0 radical (unpaired) electrons. The van der Waals surface area contributed by atoms with Crippen LogP contribution in [0.15, 0.2) is 24.3 Å². The number of morpholine rings is 1. The number of rotatable bonds is 4. The lowest BCUT2D eigenvalue weighted by Gasteiger charge is -2.32. The maximum absolute atomic E-state index is 12.5. The second kappa shape index (κ2) is 7.57. The Morgan fingerprint density at radius 1 is 1.00 bits per heavy atom. The van der Waals surface area contributed by atoms with Gasteiger partial charge in [0, 0.05) is 51.4 Å². The van der Waals surface area contributed by atoms with Crippen molar-refractivity contribution in [3.05, 3.63) is 35.4 Å². The summed E-state index contributed by atoms with van der Waals surface area (Å²) >= 11 is 0. The van der Waals surface area contributed by atoms with E-state index in [1.165, 1.54) is 5.56 Å². The van der Waals surface area contributed by atoms with Crippen molar-refractivity contribution in [1.82, 2.24) is 14.7 Å². The summed E-state index contributed by atoms with van der Waals surface area (Å²) in [6, 6.07) is 7.88. The molecule has 0 aliphatic carbocycles. The van der Waals surface area contributed by atoms with Crippen LogP contribution in [0.1, 0.15) is 15.9 Å². The molecule has 0 unspecified atom stereocenters. The van der Waals surface area contributed by atoms with Gasteiger partial charge in [-0.2, -0.15) is 0 Å². The Labute approximate surface area is 136 Å². The summed E-state index contributed by atoms with van der Waals surface area (Å²) in [5, 5.41) is 0. The summed E-state index contributed by atoms with van der Waals surface area (Å²) in [4.78, 5) is 29.1. The molecular formula is C17H23N3O3. The van der Waals surface area contributed by atoms with E-state index in [0.29, 0.717) is 26.2 Å². The zero-order valence-corrected chi connectivity index (χ0v) is 13.3. The zero-order valence-electron chi connectivity index (χ0n) is 13.3. The molecule has 6 heteroatoms. The third-order valence-electron chi connectivity index (χ3n) is 4.46. The fraction of sp³-hybridized carbons (Fsp3) is 0.529. The first-order chi connectivity index (χ1) is 11.3. The second-order valence-corrected chi connectivity index (χ2v) is 6.02. The van der Waals surface area contributed by atoms with E-state index in [1.807, 2.05) is 29.2 Å². The topological polar surface area (TPSA) is 53.1 Å². The largest absolute Gasteiger partial charge is 0.379 e. The summed E-state index contributed by atoms with van der Waals surface area (Å²) in [6.45, 7) is 6.85. The summed E-state index contributed by atoms with van der Waals surface area (Å²) < 4.78 is 5.35. The SMILES string of the molecule is O=CN1CCN(C(=O)c2ccc(CN3CCOCC3)cc2)CC1. The highest BCUT2D eigenvalue weighted by molar-refractivity contribution is 5.94. The van der Waals surface area contributed by atoms with Gasteiger partial charge in [-0.25, -0.2) is 0 Å². The molecule has 2 heterocycles. The molecule has 2 saturated heterocycles. The first-order valence-corrected chi connectivity index (χ1v) is 8.14. The van der Waals surface area contributed by atoms with Crippen LogP contribution in [0.2, 0.25) is 0 Å². The van der Waals surface area contributed by atoms with Gasteiger partial charge in [0.15, 0.2) is 0 Å². The molecular weight excluding hydrogens is 294 g/mol. The van der Waals surface area contributed by atoms with Crippen molar-refractivity contribution in [2.45, 2.75) is 6.54 Å². The number of piperazine rings is 1. The van der Waals surface area contributed by atoms with E-state index in [2.05, 4.69) is 4.90 Å². The standard InChI is InChI=1S/C17H23N3O3/c21-14-19-5-7-20(8-6-19)17(22)16-3-1-15(2-4-16)13-18-9-11-23-12-10-18/h1-4,14H,5-13H2. The molecule has 1 aromatic carbocycles. The summed E-state index contributed by atoms with van der Waals surface area (Å²) in [5.74, 6) is 0.0495. The maximum atomic E-state index is 12.5. The molecule has 23 heavy (non-hydrogen) atoms. The van der Waals surface area contributed by atoms with E-state index in [1.54, 1.807) is 4.90 Å². The summed E-state index contributed by atoms with van der Waals surface area (Å²) in [7, 11) is 0. The first-order valence-electron chi connectivity index (χ1n) is 8.14. The molecule has 2 aliphatic rings. The van der Waals surface area contributed by atoms with Crippen molar-refractivity contribution in [3.63, 3.8) is 0 Å². The quantitative estimate of drug-likeness (QED) is 0.756. The van der Waals surface area contributed by atoms with E-state index in [0.717, 1.165) is 44.8 Å². The Bertz CT molecular complexity index is 533. The van der Waals surface area contributed by atoms with Gasteiger partial charge in [0.05, 0.1) is 13.2 Å². The van der Waals surface area contributed by atoms with E-state index >= 15 is 0 Å². The van der Waals surface area contributed by atoms with Gasteiger partial charge >= 0.3 is 0 Å². The van der Waals surface area contributed by atoms with Gasteiger partial charge < -0.3 is 14.5 Å². The van der Waals surface area contributed by atoms with Crippen LogP contribution in [0.5, 0.6) is 0 Å². The molecule has 0 aromatic heterocycles. The van der Waals surface area contributed by atoms with Crippen LogP contribution in [0.4, 0.5) is 0 Å². The molecule has 0 saturated carbocycles. The molecule has 2 fully saturated rings. The van der Waals surface area contributed by atoms with Gasteiger partial charge in [0.25, 0.3) is 5.91 Å². The van der Waals surface area contributed by atoms with E-state index < -0.39 is 0 Å². The molecule has 2 aliphatic heterocycles. The average molecular weight is 317 g/mol. The Morgan fingerprint density at radius 2 is 1.65 bits per heavy atom. The highest BCUT2D eigenvalue weighted by Gasteiger charge is 2.21. The fourth-order valence-corrected chi connectivity index (χ4v) is 2.98. The van der Waals surface area contributed by atoms with Gasteiger partial charge in [0.1, 0.15) is 0 Å². The highest BCUT2D eigenvalue weighted by Crippen LogP contribution is 2.12. The second-order valence-electron chi connectivity index (χ2n) is 6.02. The predicted octanol–water partition coefficient (Wildman–Crippen LogP) is 0.433. The minimum Gasteiger partial charge on any atom is -0.379 e. The van der Waals surface area contributed by atoms with Gasteiger partial charge in [-0.05, 0) is 17.7 Å². The monoisotopic (exact) mass is 317 g/mol. The Hall–Kier alpha value is -1.92. The van der Waals surface area contributed by atoms with E-state index in [4.69, 9.17) is 4.74 Å². The van der Waals surface area contributed by atoms with Crippen molar-refractivity contribution in [2.24, 2.45) is 0 Å². The van der Waals surface area contributed by atoms with Gasteiger partial charge in [-0.15, -0.1) is 0 Å². The Kier molecular flexibility index (Phi) is 5.25. The van der Waals surface area contributed by atoms with Crippen LogP contribution in [0.25, 0.3) is 0 Å². The van der Waals surface area contributed by atoms with Crippen LogP contribution in [0.3, 0.4) is 0 Å². The zero-order chi connectivity index (χ0) is 16.1. The number of hydrogen-bond acceptors (Lipinski definition) is 4. The third-order valence-corrected chi connectivity index (χ3v) is 4.46. The smallest absolute Gasteiger partial charge is 0.253 e. The Balaban J connectivity index is 1.56. The van der Waals surface area contributed by atoms with Gasteiger partial charge in [-0.3, -0.25) is 14.5 Å². The van der Waals surface area contributed by atoms with Crippen LogP contribution in [0, 0.1) is 0 Å². The van der Waals surface area contributed by atoms with Crippen molar-refractivity contribution < 1.29 is 14.3 Å². The number of amides is 2. The number of carbonyl (C=O) groups excluding carboxylic acids is 2. The third kappa shape index (κ3) is 4.09. The summed E-state index contributed by atoms with van der Waals surface area (Å²) in [5.41, 5.74) is 1.93. The average Bonchev–Trinajstić information content (AvgIpc) is 2.63. The maximum Gasteiger partial charge on any atom is 0.253 e. The van der Waals surface area contributed by atoms with Crippen LogP contribution < -0.4 is 0 Å². The predicted molar refractivity (Wildman–Crippen MR) is 86.1 cm³/mol. The minimum atomic E-state index is 0.0495. The molecule has 6 nitrogen and oxygen atoms in total. The number of nitrogens with zero attached hydrogens (tertiary/aromatic N) is 3. The molecule has 124 valence electrons. The van der Waals surface area contributed by atoms with Crippen molar-refractivity contribution in [1.29, 1.82) is 0 Å². The highest BCUT2D eigenvalue weighted by atomic mass is 16.5. The Morgan fingerprint density at radius 3 is 2.26 bits per heavy atom. The van der Waals surface area contributed by atoms with Gasteiger partial charge in [0.2, 0.25) is 6.41 Å². The van der Waals surface area contributed by atoms with Crippen LogP contribution in [-0.4, -0.2) is 79.5 Å². The van der Waals surface area contributed by atoms with Crippen molar-refractivity contribution in [2.75, 3.05) is 52.5 Å². The normalized spacial score (nSPS) is 19.7. The number of ether oxygens (including phenoxy) is 1. The first kappa shape index (κ1) is 16.0. The molecule has 0 bridgehead atoms. The molecule has 3 rings (SSSR count). The summed E-state index contributed by atoms with van der Waals surface area (Å²) in [6.07, 6.45) is 0.849. The molecule has 2 amide bonds. The van der Waals surface area contributed by atoms with Crippen LogP contribution in [-0.2, 0) is 16.1 Å². The van der Waals surface area contributed by atoms with Crippen molar-refractivity contribution >= 4 is 12.3 Å². The molecule has 1 aromatic rings. The number of carbonyl (C=O) groups is 2. The molecule has 0 atom stereocenters. The van der Waals surface area contributed by atoms with Crippen LogP contribution >= 0.6 is 0 Å². The number of benzene rings is 1. The van der Waals surface area contributed by atoms with Gasteiger partial charge in [-0.1, -0.05) is 12.1 Å². The van der Waals surface area contributed by atoms with E-state index in [-0.39, 0.29) is 5.91 Å². The molecule has 0 spiro atoms. The fourth-order valence-electron chi connectivity index (χ4n) is 2.98.